The molecule has 1 fully saturated rings. The van der Waals surface area contributed by atoms with Crippen LogP contribution >= 0.6 is 0 Å². The lowest BCUT2D eigenvalue weighted by molar-refractivity contribution is -0.146. The minimum atomic E-state index is -4.16. The zero-order chi connectivity index (χ0) is 21.3. The Bertz CT molecular complexity index is 896. The molecule has 1 saturated heterocycles. The summed E-state index contributed by atoms with van der Waals surface area (Å²) in [6, 6.07) is 15.3. The van der Waals surface area contributed by atoms with E-state index in [9.17, 15) is 23.1 Å². The molecule has 0 aromatic heterocycles. The maximum Gasteiger partial charge on any atom is 0.411 e. The van der Waals surface area contributed by atoms with Gasteiger partial charge in [0, 0.05) is 50.6 Å². The van der Waals surface area contributed by atoms with Crippen molar-refractivity contribution in [2.24, 2.45) is 0 Å². The number of hydrogen-bond donors (Lipinski definition) is 1. The largest absolute Gasteiger partial charge is 0.465 e. The maximum absolute atomic E-state index is 12.6. The Morgan fingerprint density at radius 2 is 1.43 bits per heavy atom. The molecular formula is C21H23F3N4O2. The number of anilines is 4. The standard InChI is InChI=1S/C21H23F3N4O2/c22-21(23,24)15-25-9-11-26(12-10-25)16-5-7-17(8-6-16)27-13-14-28(20(29)30)19-4-2-1-3-18(19)27/h1-8H,9-15H2,(H,29,30). The monoisotopic (exact) mass is 420 g/mol. The van der Waals surface area contributed by atoms with Gasteiger partial charge in [-0.15, -0.1) is 0 Å². The molecule has 0 saturated carbocycles. The SMILES string of the molecule is O=C(O)N1CCN(c2ccc(N3CCN(CC(F)(F)F)CC3)cc2)c2ccccc21. The third kappa shape index (κ3) is 4.30. The molecule has 0 atom stereocenters. The summed E-state index contributed by atoms with van der Waals surface area (Å²) in [7, 11) is 0. The fraction of sp³-hybridized carbons (Fsp3) is 0.381. The van der Waals surface area contributed by atoms with Gasteiger partial charge in [-0.1, -0.05) is 12.1 Å². The predicted molar refractivity (Wildman–Crippen MR) is 110 cm³/mol. The summed E-state index contributed by atoms with van der Waals surface area (Å²) in [5.74, 6) is 0. The van der Waals surface area contributed by atoms with Gasteiger partial charge in [-0.3, -0.25) is 9.80 Å². The lowest BCUT2D eigenvalue weighted by Gasteiger charge is -2.37. The van der Waals surface area contributed by atoms with Crippen LogP contribution in [0.5, 0.6) is 0 Å². The Kier molecular flexibility index (Phi) is 5.46. The molecule has 0 bridgehead atoms. The van der Waals surface area contributed by atoms with Crippen molar-refractivity contribution < 1.29 is 23.1 Å². The lowest BCUT2D eigenvalue weighted by atomic mass is 10.1. The third-order valence-electron chi connectivity index (χ3n) is 5.54. The van der Waals surface area contributed by atoms with E-state index in [0.717, 1.165) is 17.1 Å². The van der Waals surface area contributed by atoms with Crippen molar-refractivity contribution in [1.82, 2.24) is 4.90 Å². The molecule has 160 valence electrons. The molecule has 2 aliphatic heterocycles. The molecule has 2 heterocycles. The number of rotatable bonds is 3. The van der Waals surface area contributed by atoms with Crippen LogP contribution in [0.2, 0.25) is 0 Å². The van der Waals surface area contributed by atoms with Crippen molar-refractivity contribution in [3.8, 4) is 0 Å². The minimum Gasteiger partial charge on any atom is -0.465 e. The van der Waals surface area contributed by atoms with Crippen LogP contribution in [0.3, 0.4) is 0 Å². The first kappa shape index (κ1) is 20.3. The van der Waals surface area contributed by atoms with Crippen LogP contribution < -0.4 is 14.7 Å². The number of nitrogens with zero attached hydrogens (tertiary/aromatic N) is 4. The van der Waals surface area contributed by atoms with Gasteiger partial charge in [-0.2, -0.15) is 13.2 Å². The van der Waals surface area contributed by atoms with E-state index in [1.807, 2.05) is 42.5 Å². The Labute approximate surface area is 172 Å². The van der Waals surface area contributed by atoms with E-state index < -0.39 is 18.8 Å². The van der Waals surface area contributed by atoms with E-state index >= 15 is 0 Å². The Morgan fingerprint density at radius 1 is 0.833 bits per heavy atom. The van der Waals surface area contributed by atoms with E-state index in [4.69, 9.17) is 0 Å². The van der Waals surface area contributed by atoms with Gasteiger partial charge in [0.15, 0.2) is 0 Å². The number of fused-ring (bicyclic) bond motifs is 1. The predicted octanol–water partition coefficient (Wildman–Crippen LogP) is 4.01. The first-order valence-electron chi connectivity index (χ1n) is 9.83. The third-order valence-corrected chi connectivity index (χ3v) is 5.54. The quantitative estimate of drug-likeness (QED) is 0.813. The van der Waals surface area contributed by atoms with Crippen LogP contribution in [0.15, 0.2) is 48.5 Å². The van der Waals surface area contributed by atoms with Gasteiger partial charge in [0.05, 0.1) is 17.9 Å². The number of alkyl halides is 3. The van der Waals surface area contributed by atoms with E-state index in [2.05, 4.69) is 9.80 Å². The summed E-state index contributed by atoms with van der Waals surface area (Å²) in [4.78, 5) is 18.5. The average molecular weight is 420 g/mol. The smallest absolute Gasteiger partial charge is 0.411 e. The number of para-hydroxylation sites is 2. The van der Waals surface area contributed by atoms with Gasteiger partial charge in [0.2, 0.25) is 0 Å². The number of hydrogen-bond acceptors (Lipinski definition) is 4. The van der Waals surface area contributed by atoms with Crippen LogP contribution in [0.25, 0.3) is 0 Å². The second-order valence-electron chi connectivity index (χ2n) is 7.47. The van der Waals surface area contributed by atoms with Crippen LogP contribution in [-0.2, 0) is 0 Å². The molecule has 4 rings (SSSR count). The molecule has 30 heavy (non-hydrogen) atoms. The summed E-state index contributed by atoms with van der Waals surface area (Å²) >= 11 is 0. The Balaban J connectivity index is 1.46. The fourth-order valence-electron chi connectivity index (χ4n) is 4.09. The van der Waals surface area contributed by atoms with Crippen LogP contribution in [0, 0.1) is 0 Å². The highest BCUT2D eigenvalue weighted by atomic mass is 19.4. The van der Waals surface area contributed by atoms with Crippen molar-refractivity contribution in [2.75, 3.05) is 60.5 Å². The van der Waals surface area contributed by atoms with E-state index in [1.165, 1.54) is 9.80 Å². The summed E-state index contributed by atoms with van der Waals surface area (Å²) in [6.45, 7) is 1.91. The second kappa shape index (κ2) is 8.06. The fourth-order valence-corrected chi connectivity index (χ4v) is 4.09. The van der Waals surface area contributed by atoms with Crippen molar-refractivity contribution in [1.29, 1.82) is 0 Å². The highest BCUT2D eigenvalue weighted by molar-refractivity contribution is 5.94. The molecule has 2 aromatic rings. The highest BCUT2D eigenvalue weighted by Crippen LogP contribution is 2.38. The molecule has 9 heteroatoms. The number of halogens is 3. The van der Waals surface area contributed by atoms with Crippen molar-refractivity contribution in [2.45, 2.75) is 6.18 Å². The molecule has 2 aliphatic rings. The van der Waals surface area contributed by atoms with Crippen LogP contribution in [-0.4, -0.2) is 68.1 Å². The first-order valence-corrected chi connectivity index (χ1v) is 9.83. The molecule has 6 nitrogen and oxygen atoms in total. The zero-order valence-corrected chi connectivity index (χ0v) is 16.3. The number of amides is 1. The van der Waals surface area contributed by atoms with Crippen LogP contribution in [0.4, 0.5) is 40.7 Å². The van der Waals surface area contributed by atoms with Gasteiger partial charge in [-0.25, -0.2) is 4.79 Å². The summed E-state index contributed by atoms with van der Waals surface area (Å²) in [6.07, 6.45) is -5.13. The summed E-state index contributed by atoms with van der Waals surface area (Å²) in [5, 5.41) is 9.44. The number of benzene rings is 2. The summed E-state index contributed by atoms with van der Waals surface area (Å²) < 4.78 is 37.7. The number of carbonyl (C=O) groups is 1. The van der Waals surface area contributed by atoms with Gasteiger partial charge >= 0.3 is 12.3 Å². The normalized spacial score (nSPS) is 17.8. The Morgan fingerprint density at radius 3 is 2.03 bits per heavy atom. The number of carboxylic acid groups (broad SMARTS) is 1. The van der Waals surface area contributed by atoms with Gasteiger partial charge in [0.25, 0.3) is 0 Å². The minimum absolute atomic E-state index is 0.370. The van der Waals surface area contributed by atoms with E-state index in [1.54, 1.807) is 6.07 Å². The molecule has 0 radical (unpaired) electrons. The Hall–Kier alpha value is -2.94. The van der Waals surface area contributed by atoms with Crippen molar-refractivity contribution in [3.05, 3.63) is 48.5 Å². The van der Waals surface area contributed by atoms with Gasteiger partial charge in [0.1, 0.15) is 0 Å². The summed E-state index contributed by atoms with van der Waals surface area (Å²) in [5.41, 5.74) is 3.41. The second-order valence-corrected chi connectivity index (χ2v) is 7.47. The van der Waals surface area contributed by atoms with E-state index in [0.29, 0.717) is 45.0 Å². The molecular weight excluding hydrogens is 397 g/mol. The van der Waals surface area contributed by atoms with Crippen LogP contribution in [0.1, 0.15) is 0 Å². The molecule has 2 aromatic carbocycles. The molecule has 0 spiro atoms. The average Bonchev–Trinajstić information content (AvgIpc) is 2.72. The number of piperazine rings is 1. The van der Waals surface area contributed by atoms with Gasteiger partial charge < -0.3 is 14.9 Å². The lowest BCUT2D eigenvalue weighted by Crippen LogP contribution is -2.49. The molecule has 0 unspecified atom stereocenters. The maximum atomic E-state index is 12.6. The topological polar surface area (TPSA) is 50.3 Å². The zero-order valence-electron chi connectivity index (χ0n) is 16.3. The van der Waals surface area contributed by atoms with Crippen molar-refractivity contribution in [3.63, 3.8) is 0 Å². The highest BCUT2D eigenvalue weighted by Gasteiger charge is 2.32. The first-order chi connectivity index (χ1) is 14.3. The van der Waals surface area contributed by atoms with E-state index in [-0.39, 0.29) is 0 Å². The van der Waals surface area contributed by atoms with Crippen molar-refractivity contribution >= 4 is 28.8 Å². The van der Waals surface area contributed by atoms with Gasteiger partial charge in [-0.05, 0) is 36.4 Å². The molecule has 0 aliphatic carbocycles. The molecule has 1 amide bonds. The molecule has 1 N–H and O–H groups in total.